The molecule has 2 nitrogen and oxygen atoms in total. The number of rotatable bonds is 10. The van der Waals surface area contributed by atoms with Crippen LogP contribution in [0.2, 0.25) is 0 Å². The van der Waals surface area contributed by atoms with Gasteiger partial charge in [0.25, 0.3) is 0 Å². The molecule has 0 spiro atoms. The van der Waals surface area contributed by atoms with Crippen LogP contribution in [0, 0.1) is 0 Å². The van der Waals surface area contributed by atoms with Gasteiger partial charge in [-0.15, -0.1) is 0 Å². The average molecular weight is 365 g/mol. The number of nitrogen functional groups attached to an aromatic ring is 1. The largest absolute Gasteiger partial charge is 0.398 e. The topological polar surface area (TPSA) is 38.0 Å². The van der Waals surface area contributed by atoms with Crippen molar-refractivity contribution < 1.29 is 0 Å². The van der Waals surface area contributed by atoms with E-state index >= 15 is 0 Å². The van der Waals surface area contributed by atoms with Gasteiger partial charge in [0, 0.05) is 21.7 Å². The second kappa shape index (κ2) is 13.5. The van der Waals surface area contributed by atoms with Crippen LogP contribution in [0.15, 0.2) is 41.3 Å². The molecule has 3 N–H and O–H groups in total. The van der Waals surface area contributed by atoms with E-state index in [2.05, 4.69) is 35.3 Å². The highest BCUT2D eigenvalue weighted by Gasteiger charge is 2.04. The van der Waals surface area contributed by atoms with E-state index in [0.29, 0.717) is 0 Å². The van der Waals surface area contributed by atoms with Crippen LogP contribution in [0.5, 0.6) is 0 Å². The van der Waals surface area contributed by atoms with Gasteiger partial charge in [-0.2, -0.15) is 0 Å². The Balaban J connectivity index is 0.00000139. The molecule has 0 bridgehead atoms. The van der Waals surface area contributed by atoms with Gasteiger partial charge in [0.1, 0.15) is 0 Å². The zero-order valence-corrected chi connectivity index (χ0v) is 16.9. The molecule has 0 heterocycles. The average Bonchev–Trinajstić information content (AvgIpc) is 2.62. The Kier molecular flexibility index (Phi) is 11.9. The fourth-order valence-corrected chi connectivity index (χ4v) is 4.25. The maximum Gasteiger partial charge on any atom is 0.0405 e. The molecule has 0 amide bonds. The lowest BCUT2D eigenvalue weighted by Crippen LogP contribution is -1.95. The Morgan fingerprint density at radius 1 is 0.917 bits per heavy atom. The molecule has 0 unspecified atom stereocenters. The molecular formula is C20H32N2S2. The van der Waals surface area contributed by atoms with Crippen molar-refractivity contribution in [3.63, 3.8) is 0 Å². The number of fused-ring (bicyclic) bond motifs is 1. The summed E-state index contributed by atoms with van der Waals surface area (Å²) in [7, 11) is 0. The summed E-state index contributed by atoms with van der Waals surface area (Å²) in [6.45, 7) is 6.26. The van der Waals surface area contributed by atoms with Crippen LogP contribution in [0.25, 0.3) is 10.8 Å². The smallest absolute Gasteiger partial charge is 0.0405 e. The van der Waals surface area contributed by atoms with E-state index in [9.17, 15) is 0 Å². The first-order chi connectivity index (χ1) is 11.8. The third-order valence-electron chi connectivity index (χ3n) is 3.71. The van der Waals surface area contributed by atoms with Gasteiger partial charge in [-0.3, -0.25) is 0 Å². The lowest BCUT2D eigenvalue weighted by atomic mass is 10.1. The van der Waals surface area contributed by atoms with Gasteiger partial charge < -0.3 is 5.73 Å². The Bertz CT molecular complexity index is 567. The number of anilines is 1. The molecular weight excluding hydrogens is 332 g/mol. The van der Waals surface area contributed by atoms with Crippen molar-refractivity contribution in [1.82, 2.24) is 4.13 Å². The fraction of sp³-hybridized carbons (Fsp3) is 0.500. The number of nitrogens with two attached hydrogens (primary N) is 1. The number of benzene rings is 2. The first kappa shape index (κ1) is 21.2. The van der Waals surface area contributed by atoms with Crippen LogP contribution >= 0.6 is 23.9 Å². The van der Waals surface area contributed by atoms with Gasteiger partial charge in [-0.1, -0.05) is 89.1 Å². The molecule has 0 aromatic heterocycles. The van der Waals surface area contributed by atoms with Crippen molar-refractivity contribution in [2.75, 3.05) is 11.5 Å². The van der Waals surface area contributed by atoms with E-state index in [-0.39, 0.29) is 0 Å². The minimum absolute atomic E-state index is 0.850. The van der Waals surface area contributed by atoms with Crippen LogP contribution in [-0.2, 0) is 0 Å². The second-order valence-corrected chi connectivity index (χ2v) is 7.51. The summed E-state index contributed by atoms with van der Waals surface area (Å²) in [5, 5.41) is 2.36. The van der Waals surface area contributed by atoms with Crippen LogP contribution in [0.3, 0.4) is 0 Å². The van der Waals surface area contributed by atoms with Crippen molar-refractivity contribution in [3.05, 3.63) is 36.4 Å². The van der Waals surface area contributed by atoms with Crippen LogP contribution in [0.4, 0.5) is 5.69 Å². The first-order valence-corrected chi connectivity index (χ1v) is 10.9. The highest BCUT2D eigenvalue weighted by molar-refractivity contribution is 8.12. The molecule has 0 aliphatic carbocycles. The van der Waals surface area contributed by atoms with Gasteiger partial charge >= 0.3 is 0 Å². The Morgan fingerprint density at radius 2 is 1.58 bits per heavy atom. The minimum Gasteiger partial charge on any atom is -0.398 e. The van der Waals surface area contributed by atoms with Gasteiger partial charge in [0.2, 0.25) is 0 Å². The Morgan fingerprint density at radius 3 is 2.33 bits per heavy atom. The molecule has 2 rings (SSSR count). The van der Waals surface area contributed by atoms with Crippen molar-refractivity contribution >= 4 is 40.4 Å². The van der Waals surface area contributed by atoms with Crippen molar-refractivity contribution in [2.45, 2.75) is 64.2 Å². The van der Waals surface area contributed by atoms with Gasteiger partial charge in [-0.25, -0.2) is 4.13 Å². The predicted octanol–water partition coefficient (Wildman–Crippen LogP) is 7.05. The Labute approximate surface area is 156 Å². The summed E-state index contributed by atoms with van der Waals surface area (Å²) in [6.07, 6.45) is 8.10. The molecule has 4 heteroatoms. The molecule has 0 saturated heterocycles. The Hall–Kier alpha value is -0.840. The fourth-order valence-electron chi connectivity index (χ4n) is 2.49. The molecule has 0 fully saturated rings. The standard InChI is InChI=1S/C18H26N2S2.C2H6/c1-2-3-4-5-6-7-14-21-20-22-17-13-9-11-15-10-8-12-16(19)18(15)17;1-2/h8-13,20H,2-7,14,19H2,1H3;1-2H3. The summed E-state index contributed by atoms with van der Waals surface area (Å²) in [5.74, 6) is 1.17. The lowest BCUT2D eigenvalue weighted by molar-refractivity contribution is 0.627. The summed E-state index contributed by atoms with van der Waals surface area (Å²) >= 11 is 3.47. The van der Waals surface area contributed by atoms with E-state index in [1.807, 2.05) is 26.0 Å². The van der Waals surface area contributed by atoms with Crippen molar-refractivity contribution in [3.8, 4) is 0 Å². The molecule has 0 radical (unpaired) electrons. The zero-order valence-electron chi connectivity index (χ0n) is 15.3. The number of hydrogen-bond donors (Lipinski definition) is 2. The molecule has 0 atom stereocenters. The molecule has 0 saturated carbocycles. The van der Waals surface area contributed by atoms with Crippen LogP contribution in [0.1, 0.15) is 59.3 Å². The zero-order chi connectivity index (χ0) is 17.6. The van der Waals surface area contributed by atoms with Gasteiger partial charge in [-0.05, 0) is 35.9 Å². The molecule has 2 aromatic carbocycles. The molecule has 134 valence electrons. The number of nitrogens with one attached hydrogen (secondary N) is 1. The van der Waals surface area contributed by atoms with E-state index in [0.717, 1.165) is 11.1 Å². The maximum absolute atomic E-state index is 6.12. The SMILES string of the molecule is CC.CCCCCCCCSNSc1cccc2cccc(N)c12. The van der Waals surface area contributed by atoms with E-state index < -0.39 is 0 Å². The number of hydrogen-bond acceptors (Lipinski definition) is 4. The second-order valence-electron chi connectivity index (χ2n) is 5.50. The first-order valence-electron chi connectivity index (χ1n) is 9.13. The van der Waals surface area contributed by atoms with E-state index in [4.69, 9.17) is 5.73 Å². The highest BCUT2D eigenvalue weighted by Crippen LogP contribution is 2.31. The summed E-state index contributed by atoms with van der Waals surface area (Å²) in [6, 6.07) is 12.4. The third-order valence-corrected chi connectivity index (χ3v) is 5.57. The third kappa shape index (κ3) is 7.37. The van der Waals surface area contributed by atoms with E-state index in [1.165, 1.54) is 54.6 Å². The molecule has 24 heavy (non-hydrogen) atoms. The van der Waals surface area contributed by atoms with E-state index in [1.54, 1.807) is 23.9 Å². The summed E-state index contributed by atoms with van der Waals surface area (Å²) < 4.78 is 3.40. The number of unbranched alkanes of at least 4 members (excludes halogenated alkanes) is 5. The highest BCUT2D eigenvalue weighted by atomic mass is 32.2. The van der Waals surface area contributed by atoms with Crippen LogP contribution < -0.4 is 9.86 Å². The lowest BCUT2D eigenvalue weighted by Gasteiger charge is -2.09. The molecule has 0 aliphatic rings. The van der Waals surface area contributed by atoms with Gasteiger partial charge in [0.15, 0.2) is 0 Å². The molecule has 2 aromatic rings. The quantitative estimate of drug-likeness (QED) is 0.269. The molecule has 0 aliphatic heterocycles. The summed E-state index contributed by atoms with van der Waals surface area (Å²) in [4.78, 5) is 1.20. The van der Waals surface area contributed by atoms with Gasteiger partial charge in [0.05, 0.1) is 0 Å². The van der Waals surface area contributed by atoms with Crippen molar-refractivity contribution in [1.29, 1.82) is 0 Å². The normalized spacial score (nSPS) is 10.5. The predicted molar refractivity (Wildman–Crippen MR) is 115 cm³/mol. The minimum atomic E-state index is 0.850. The summed E-state index contributed by atoms with van der Waals surface area (Å²) in [5.41, 5.74) is 6.97. The maximum atomic E-state index is 6.12. The van der Waals surface area contributed by atoms with Crippen molar-refractivity contribution in [2.24, 2.45) is 0 Å². The van der Waals surface area contributed by atoms with Crippen LogP contribution in [-0.4, -0.2) is 5.75 Å². The monoisotopic (exact) mass is 364 g/mol.